The molecule has 0 aliphatic heterocycles. The Morgan fingerprint density at radius 2 is 2.08 bits per heavy atom. The van der Waals surface area contributed by atoms with Crippen molar-refractivity contribution in [1.29, 1.82) is 0 Å². The van der Waals surface area contributed by atoms with E-state index in [4.69, 9.17) is 5.73 Å². The van der Waals surface area contributed by atoms with Crippen LogP contribution in [0.4, 0.5) is 0 Å². The van der Waals surface area contributed by atoms with Gasteiger partial charge in [0.1, 0.15) is 0 Å². The Kier molecular flexibility index (Phi) is 1.88. The Morgan fingerprint density at radius 1 is 1.38 bits per heavy atom. The lowest BCUT2D eigenvalue weighted by Crippen LogP contribution is -2.20. The second-order valence-corrected chi connectivity index (χ2v) is 4.29. The maximum atomic E-state index is 6.03. The number of rotatable bonds is 2. The maximum absolute atomic E-state index is 6.03. The summed E-state index contributed by atoms with van der Waals surface area (Å²) in [5.41, 5.74) is 8.28. The van der Waals surface area contributed by atoms with Gasteiger partial charge in [0.05, 0.1) is 11.2 Å². The molecular formula is C11H16N2. The molecule has 2 rings (SSSR count). The number of pyridine rings is 1. The van der Waals surface area contributed by atoms with Gasteiger partial charge in [-0.1, -0.05) is 19.9 Å². The minimum absolute atomic E-state index is 0.0878. The van der Waals surface area contributed by atoms with E-state index >= 15 is 0 Å². The molecule has 1 aromatic rings. The lowest BCUT2D eigenvalue weighted by atomic mass is 10.0. The molecule has 0 aromatic carbocycles. The molecule has 2 nitrogen and oxygen atoms in total. The highest BCUT2D eigenvalue weighted by molar-refractivity contribution is 5.25. The Morgan fingerprint density at radius 3 is 2.46 bits per heavy atom. The van der Waals surface area contributed by atoms with Crippen molar-refractivity contribution < 1.29 is 0 Å². The zero-order chi connectivity index (χ0) is 9.47. The van der Waals surface area contributed by atoms with Gasteiger partial charge >= 0.3 is 0 Å². The number of hydrogen-bond donors (Lipinski definition) is 1. The van der Waals surface area contributed by atoms with Crippen LogP contribution in [0.1, 0.15) is 43.9 Å². The third-order valence-corrected chi connectivity index (χ3v) is 2.75. The van der Waals surface area contributed by atoms with Crippen molar-refractivity contribution in [2.75, 3.05) is 0 Å². The molecule has 70 valence electrons. The van der Waals surface area contributed by atoms with Crippen LogP contribution in [0, 0.1) is 0 Å². The first-order valence-electron chi connectivity index (χ1n) is 4.87. The van der Waals surface area contributed by atoms with Crippen molar-refractivity contribution in [1.82, 2.24) is 4.98 Å². The van der Waals surface area contributed by atoms with Gasteiger partial charge in [0.15, 0.2) is 0 Å². The molecule has 1 heterocycles. The van der Waals surface area contributed by atoms with E-state index in [-0.39, 0.29) is 5.54 Å². The van der Waals surface area contributed by atoms with Crippen molar-refractivity contribution in [3.05, 3.63) is 29.6 Å². The molecule has 0 amide bonds. The van der Waals surface area contributed by atoms with E-state index in [0.717, 1.165) is 18.5 Å². The number of nitrogens with two attached hydrogens (primary N) is 1. The average Bonchev–Trinajstić information content (AvgIpc) is 2.85. The Labute approximate surface area is 79.2 Å². The third kappa shape index (κ3) is 1.59. The molecule has 1 aliphatic rings. The minimum Gasteiger partial charge on any atom is -0.320 e. The Bertz CT molecular complexity index is 296. The summed E-state index contributed by atoms with van der Waals surface area (Å²) in [6.45, 7) is 4.35. The Hall–Kier alpha value is -0.890. The molecule has 2 heteroatoms. The smallest absolute Gasteiger partial charge is 0.0602 e. The maximum Gasteiger partial charge on any atom is 0.0602 e. The first-order chi connectivity index (χ1) is 6.12. The quantitative estimate of drug-likeness (QED) is 0.750. The van der Waals surface area contributed by atoms with Crippen molar-refractivity contribution in [3.63, 3.8) is 0 Å². The summed E-state index contributed by atoms with van der Waals surface area (Å²) in [6.07, 6.45) is 4.12. The molecule has 0 bridgehead atoms. The first kappa shape index (κ1) is 8.70. The summed E-state index contributed by atoms with van der Waals surface area (Å²) in [6, 6.07) is 4.21. The number of nitrogens with zero attached hydrogens (tertiary/aromatic N) is 1. The van der Waals surface area contributed by atoms with E-state index < -0.39 is 0 Å². The third-order valence-electron chi connectivity index (χ3n) is 2.75. The van der Waals surface area contributed by atoms with Gasteiger partial charge in [0.2, 0.25) is 0 Å². The number of hydrogen-bond acceptors (Lipinski definition) is 2. The molecule has 0 saturated heterocycles. The van der Waals surface area contributed by atoms with Crippen molar-refractivity contribution in [2.45, 2.75) is 38.1 Å². The van der Waals surface area contributed by atoms with Crippen LogP contribution in [0.2, 0.25) is 0 Å². The fourth-order valence-corrected chi connectivity index (χ4v) is 1.43. The molecule has 0 unspecified atom stereocenters. The van der Waals surface area contributed by atoms with Gasteiger partial charge in [-0.2, -0.15) is 0 Å². The molecule has 0 spiro atoms. The molecule has 0 atom stereocenters. The molecular weight excluding hydrogens is 160 g/mol. The van der Waals surface area contributed by atoms with Gasteiger partial charge in [-0.3, -0.25) is 4.98 Å². The summed E-state index contributed by atoms with van der Waals surface area (Å²) in [7, 11) is 0. The van der Waals surface area contributed by atoms with Crippen LogP contribution in [0.15, 0.2) is 18.3 Å². The molecule has 13 heavy (non-hydrogen) atoms. The van der Waals surface area contributed by atoms with E-state index in [1.165, 1.54) is 5.56 Å². The predicted octanol–water partition coefficient (Wildman–Crippen LogP) is 2.15. The molecule has 2 N–H and O–H groups in total. The van der Waals surface area contributed by atoms with Crippen molar-refractivity contribution >= 4 is 0 Å². The van der Waals surface area contributed by atoms with Gasteiger partial charge in [-0.05, 0) is 30.4 Å². The highest BCUT2D eigenvalue weighted by Gasteiger charge is 2.41. The van der Waals surface area contributed by atoms with E-state index in [9.17, 15) is 0 Å². The topological polar surface area (TPSA) is 38.9 Å². The van der Waals surface area contributed by atoms with E-state index in [0.29, 0.717) is 5.92 Å². The van der Waals surface area contributed by atoms with Crippen LogP contribution in [-0.4, -0.2) is 4.98 Å². The summed E-state index contributed by atoms with van der Waals surface area (Å²) in [5.74, 6) is 0.550. The van der Waals surface area contributed by atoms with Gasteiger partial charge in [0, 0.05) is 6.20 Å². The second-order valence-electron chi connectivity index (χ2n) is 4.29. The van der Waals surface area contributed by atoms with Crippen molar-refractivity contribution in [3.8, 4) is 0 Å². The summed E-state index contributed by atoms with van der Waals surface area (Å²) >= 11 is 0. The summed E-state index contributed by atoms with van der Waals surface area (Å²) < 4.78 is 0. The normalized spacial score (nSPS) is 19.1. The molecule has 1 saturated carbocycles. The van der Waals surface area contributed by atoms with Gasteiger partial charge < -0.3 is 5.73 Å². The molecule has 1 fully saturated rings. The fraction of sp³-hybridized carbons (Fsp3) is 0.545. The summed E-state index contributed by atoms with van der Waals surface area (Å²) in [5, 5.41) is 0. The lowest BCUT2D eigenvalue weighted by molar-refractivity contribution is 0.703. The van der Waals surface area contributed by atoms with E-state index in [1.807, 2.05) is 6.20 Å². The lowest BCUT2D eigenvalue weighted by Gasteiger charge is -2.09. The average molecular weight is 176 g/mol. The highest BCUT2D eigenvalue weighted by atomic mass is 14.9. The van der Waals surface area contributed by atoms with Crippen LogP contribution in [0.5, 0.6) is 0 Å². The van der Waals surface area contributed by atoms with Crippen LogP contribution in [-0.2, 0) is 5.54 Å². The van der Waals surface area contributed by atoms with Crippen molar-refractivity contribution in [2.24, 2.45) is 5.73 Å². The SMILES string of the molecule is CC(C)c1ccc(C2(N)CC2)nc1. The fourth-order valence-electron chi connectivity index (χ4n) is 1.43. The van der Waals surface area contributed by atoms with Gasteiger partial charge in [-0.25, -0.2) is 0 Å². The zero-order valence-electron chi connectivity index (χ0n) is 8.25. The second kappa shape index (κ2) is 2.81. The monoisotopic (exact) mass is 176 g/mol. The van der Waals surface area contributed by atoms with Crippen LogP contribution in [0.25, 0.3) is 0 Å². The summed E-state index contributed by atoms with van der Waals surface area (Å²) in [4.78, 5) is 4.41. The predicted molar refractivity (Wildman–Crippen MR) is 53.4 cm³/mol. The van der Waals surface area contributed by atoms with Crippen LogP contribution < -0.4 is 5.73 Å². The molecule has 1 aliphatic carbocycles. The Balaban J connectivity index is 2.24. The van der Waals surface area contributed by atoms with E-state index in [1.54, 1.807) is 0 Å². The van der Waals surface area contributed by atoms with Crippen LogP contribution >= 0.6 is 0 Å². The van der Waals surface area contributed by atoms with Crippen LogP contribution in [0.3, 0.4) is 0 Å². The number of aromatic nitrogens is 1. The largest absolute Gasteiger partial charge is 0.320 e. The minimum atomic E-state index is -0.0878. The zero-order valence-corrected chi connectivity index (χ0v) is 8.25. The highest BCUT2D eigenvalue weighted by Crippen LogP contribution is 2.41. The molecule has 0 radical (unpaired) electrons. The first-order valence-corrected chi connectivity index (χ1v) is 4.87. The molecule has 1 aromatic heterocycles. The van der Waals surface area contributed by atoms with Gasteiger partial charge in [0.25, 0.3) is 0 Å². The standard InChI is InChI=1S/C11H16N2/c1-8(2)9-3-4-10(13-7-9)11(12)5-6-11/h3-4,7-8H,5-6,12H2,1-2H3. The van der Waals surface area contributed by atoms with E-state index in [2.05, 4.69) is 31.0 Å². The van der Waals surface area contributed by atoms with Gasteiger partial charge in [-0.15, -0.1) is 0 Å².